The fourth-order valence-corrected chi connectivity index (χ4v) is 1.26. The van der Waals surface area contributed by atoms with Gasteiger partial charge in [0.25, 0.3) is 0 Å². The average molecular weight is 149 g/mol. The van der Waals surface area contributed by atoms with Gasteiger partial charge >= 0.3 is 0 Å². The van der Waals surface area contributed by atoms with E-state index < -0.39 is 0 Å². The lowest BCUT2D eigenvalue weighted by Gasteiger charge is -1.94. The Morgan fingerprint density at radius 2 is 1.64 bits per heavy atom. The molecule has 1 aliphatic rings. The standard InChI is InChI=1S/C11H17/c1-2-4-6-8-10-11-9-7-5-3-1/h1-3,6,8H,4-5,7,9-11H2/b2-1+,8-6-. The van der Waals surface area contributed by atoms with Crippen molar-refractivity contribution >= 4 is 0 Å². The van der Waals surface area contributed by atoms with Crippen LogP contribution in [0.5, 0.6) is 0 Å². The molecule has 0 fully saturated rings. The summed E-state index contributed by atoms with van der Waals surface area (Å²) in [5, 5.41) is 0. The Kier molecular flexibility index (Phi) is 4.84. The summed E-state index contributed by atoms with van der Waals surface area (Å²) in [6, 6.07) is 0. The maximum absolute atomic E-state index is 2.30. The molecule has 0 aromatic heterocycles. The second-order valence-electron chi connectivity index (χ2n) is 3.01. The first-order chi connectivity index (χ1) is 5.50. The monoisotopic (exact) mass is 149 g/mol. The molecule has 1 rings (SSSR count). The van der Waals surface area contributed by atoms with Crippen molar-refractivity contribution in [3.8, 4) is 0 Å². The van der Waals surface area contributed by atoms with Crippen molar-refractivity contribution in [3.05, 3.63) is 30.7 Å². The lowest BCUT2D eigenvalue weighted by Crippen LogP contribution is -1.76. The molecule has 0 N–H and O–H groups in total. The van der Waals surface area contributed by atoms with Crippen molar-refractivity contribution in [2.45, 2.75) is 38.5 Å². The van der Waals surface area contributed by atoms with Gasteiger partial charge in [-0.05, 0) is 32.1 Å². The first-order valence-electron chi connectivity index (χ1n) is 4.63. The van der Waals surface area contributed by atoms with E-state index in [2.05, 4.69) is 30.7 Å². The zero-order chi connectivity index (χ0) is 7.78. The molecule has 0 saturated carbocycles. The number of allylic oxidation sites excluding steroid dienone is 4. The minimum atomic E-state index is 1.11. The van der Waals surface area contributed by atoms with Gasteiger partial charge < -0.3 is 0 Å². The molecule has 0 unspecified atom stereocenters. The third-order valence-electron chi connectivity index (χ3n) is 1.95. The third kappa shape index (κ3) is 4.83. The molecule has 0 bridgehead atoms. The predicted molar refractivity (Wildman–Crippen MR) is 50.3 cm³/mol. The van der Waals surface area contributed by atoms with Crippen molar-refractivity contribution < 1.29 is 0 Å². The van der Waals surface area contributed by atoms with Gasteiger partial charge in [0, 0.05) is 0 Å². The van der Waals surface area contributed by atoms with Gasteiger partial charge in [0.05, 0.1) is 0 Å². The maximum Gasteiger partial charge on any atom is -0.0169 e. The Morgan fingerprint density at radius 1 is 0.727 bits per heavy atom. The van der Waals surface area contributed by atoms with Crippen molar-refractivity contribution in [2.75, 3.05) is 0 Å². The van der Waals surface area contributed by atoms with E-state index in [0.29, 0.717) is 0 Å². The average Bonchev–Trinajstić information content (AvgIpc) is 2.08. The van der Waals surface area contributed by atoms with Crippen molar-refractivity contribution in [1.82, 2.24) is 0 Å². The summed E-state index contributed by atoms with van der Waals surface area (Å²) in [5.41, 5.74) is 0. The molecule has 1 aliphatic carbocycles. The molecular weight excluding hydrogens is 132 g/mol. The van der Waals surface area contributed by atoms with Crippen LogP contribution in [0.3, 0.4) is 0 Å². The molecule has 0 atom stereocenters. The fourth-order valence-electron chi connectivity index (χ4n) is 1.26. The van der Waals surface area contributed by atoms with Crippen molar-refractivity contribution in [1.29, 1.82) is 0 Å². The topological polar surface area (TPSA) is 0 Å². The van der Waals surface area contributed by atoms with E-state index >= 15 is 0 Å². The lowest BCUT2D eigenvalue weighted by molar-refractivity contribution is 0.687. The smallest absolute Gasteiger partial charge is 0.0169 e. The van der Waals surface area contributed by atoms with Gasteiger partial charge in [0.15, 0.2) is 0 Å². The van der Waals surface area contributed by atoms with E-state index in [1.165, 1.54) is 32.1 Å². The second-order valence-corrected chi connectivity index (χ2v) is 3.01. The van der Waals surface area contributed by atoms with Crippen LogP contribution in [0, 0.1) is 6.42 Å². The Bertz CT molecular complexity index is 115. The Morgan fingerprint density at radius 3 is 2.64 bits per heavy atom. The summed E-state index contributed by atoms with van der Waals surface area (Å²) in [5.74, 6) is 0. The molecule has 0 spiro atoms. The van der Waals surface area contributed by atoms with Gasteiger partial charge in [-0.1, -0.05) is 37.1 Å². The molecule has 11 heavy (non-hydrogen) atoms. The molecule has 0 saturated heterocycles. The molecule has 0 nitrogen and oxygen atoms in total. The van der Waals surface area contributed by atoms with E-state index in [-0.39, 0.29) is 0 Å². The summed E-state index contributed by atoms with van der Waals surface area (Å²) in [4.78, 5) is 0. The Hall–Kier alpha value is -0.520. The molecule has 0 heterocycles. The van der Waals surface area contributed by atoms with Crippen LogP contribution >= 0.6 is 0 Å². The van der Waals surface area contributed by atoms with Crippen LogP contribution in [-0.2, 0) is 0 Å². The second kappa shape index (κ2) is 6.21. The van der Waals surface area contributed by atoms with Crippen LogP contribution in [0.25, 0.3) is 0 Å². The third-order valence-corrected chi connectivity index (χ3v) is 1.95. The highest BCUT2D eigenvalue weighted by Gasteiger charge is 1.88. The maximum atomic E-state index is 2.30. The quantitative estimate of drug-likeness (QED) is 0.461. The summed E-state index contributed by atoms with van der Waals surface area (Å²) in [7, 11) is 0. The van der Waals surface area contributed by atoms with E-state index in [4.69, 9.17) is 0 Å². The molecular formula is C11H17. The minimum absolute atomic E-state index is 1.11. The van der Waals surface area contributed by atoms with E-state index in [0.717, 1.165) is 6.42 Å². The van der Waals surface area contributed by atoms with E-state index in [9.17, 15) is 0 Å². The van der Waals surface area contributed by atoms with Gasteiger partial charge in [0.1, 0.15) is 0 Å². The van der Waals surface area contributed by atoms with E-state index in [1.54, 1.807) is 0 Å². The molecule has 1 radical (unpaired) electrons. The van der Waals surface area contributed by atoms with Gasteiger partial charge in [-0.2, -0.15) is 0 Å². The van der Waals surface area contributed by atoms with Crippen LogP contribution in [0.2, 0.25) is 0 Å². The van der Waals surface area contributed by atoms with Crippen molar-refractivity contribution in [3.63, 3.8) is 0 Å². The number of rotatable bonds is 0. The predicted octanol–water partition coefficient (Wildman–Crippen LogP) is 3.66. The number of hydrogen-bond acceptors (Lipinski definition) is 0. The zero-order valence-corrected chi connectivity index (χ0v) is 7.13. The molecule has 0 aromatic rings. The van der Waals surface area contributed by atoms with Gasteiger partial charge in [0.2, 0.25) is 0 Å². The first kappa shape index (κ1) is 8.58. The number of hydrogen-bond donors (Lipinski definition) is 0. The minimum Gasteiger partial charge on any atom is -0.0882 e. The Balaban J connectivity index is 2.22. The fraction of sp³-hybridized carbons (Fsp3) is 0.545. The van der Waals surface area contributed by atoms with Crippen LogP contribution in [0.1, 0.15) is 38.5 Å². The van der Waals surface area contributed by atoms with Crippen LogP contribution in [-0.4, -0.2) is 0 Å². The normalized spacial score (nSPS) is 26.9. The Labute approximate surface area is 70.0 Å². The highest BCUT2D eigenvalue weighted by Crippen LogP contribution is 2.07. The SMILES string of the molecule is [CH]1/C=C/C/C=C\CCCCC1. The summed E-state index contributed by atoms with van der Waals surface area (Å²) in [6.07, 6.45) is 19.0. The molecule has 0 amide bonds. The van der Waals surface area contributed by atoms with Crippen LogP contribution in [0.4, 0.5) is 0 Å². The molecule has 61 valence electrons. The summed E-state index contributed by atoms with van der Waals surface area (Å²) >= 11 is 0. The van der Waals surface area contributed by atoms with Crippen LogP contribution < -0.4 is 0 Å². The summed E-state index contributed by atoms with van der Waals surface area (Å²) in [6.45, 7) is 0. The highest BCUT2D eigenvalue weighted by atomic mass is 13.9. The lowest BCUT2D eigenvalue weighted by atomic mass is 10.1. The van der Waals surface area contributed by atoms with Crippen LogP contribution in [0.15, 0.2) is 24.3 Å². The summed E-state index contributed by atoms with van der Waals surface area (Å²) < 4.78 is 0. The highest BCUT2D eigenvalue weighted by molar-refractivity contribution is 4.99. The van der Waals surface area contributed by atoms with Gasteiger partial charge in [-0.15, -0.1) is 0 Å². The molecule has 0 aliphatic heterocycles. The van der Waals surface area contributed by atoms with Gasteiger partial charge in [-0.3, -0.25) is 0 Å². The molecule has 0 heteroatoms. The zero-order valence-electron chi connectivity index (χ0n) is 7.13. The molecule has 0 aromatic carbocycles. The van der Waals surface area contributed by atoms with E-state index in [1.807, 2.05) is 0 Å². The first-order valence-corrected chi connectivity index (χ1v) is 4.63. The van der Waals surface area contributed by atoms with Crippen molar-refractivity contribution in [2.24, 2.45) is 0 Å². The largest absolute Gasteiger partial charge is 0.0882 e. The van der Waals surface area contributed by atoms with Gasteiger partial charge in [-0.25, -0.2) is 0 Å².